The fraction of sp³-hybridized carbons (Fsp3) is 0. The maximum atomic E-state index is 9.45. The van der Waals surface area contributed by atoms with Crippen LogP contribution in [0.25, 0.3) is 12.5 Å². The summed E-state index contributed by atoms with van der Waals surface area (Å²) in [5.74, 6) is 0.400. The highest BCUT2D eigenvalue weighted by molar-refractivity contribution is 5.37. The molecule has 3 nitrogen and oxygen atoms in total. The van der Waals surface area contributed by atoms with Gasteiger partial charge in [0.2, 0.25) is 0 Å². The zero-order chi connectivity index (χ0) is 11.8. The van der Waals surface area contributed by atoms with Gasteiger partial charge in [-0.3, -0.25) is 0 Å². The van der Waals surface area contributed by atoms with Gasteiger partial charge >= 0.3 is 0 Å². The first-order chi connectivity index (χ1) is 8.24. The molecule has 0 spiro atoms. The van der Waals surface area contributed by atoms with Gasteiger partial charge in [-0.2, -0.15) is 0 Å². The summed E-state index contributed by atoms with van der Waals surface area (Å²) < 4.78 is 5.29. The highest BCUT2D eigenvalue weighted by atomic mass is 16.5. The van der Waals surface area contributed by atoms with E-state index in [-0.39, 0.29) is 11.5 Å². The van der Waals surface area contributed by atoms with Gasteiger partial charge in [0.25, 0.3) is 0 Å². The van der Waals surface area contributed by atoms with Crippen LogP contribution in [0.15, 0.2) is 36.4 Å². The summed E-state index contributed by atoms with van der Waals surface area (Å²) in [6, 6.07) is 10.2. The van der Waals surface area contributed by atoms with Crippen molar-refractivity contribution in [2.45, 2.75) is 0 Å². The topological polar surface area (TPSA) is 49.7 Å². The molecular formula is C14H10O3. The van der Waals surface area contributed by atoms with Crippen LogP contribution in [0, 0.1) is 10.4 Å². The van der Waals surface area contributed by atoms with Crippen LogP contribution >= 0.6 is 0 Å². The lowest BCUT2D eigenvalue weighted by atomic mass is 10.1. The lowest BCUT2D eigenvalue weighted by Crippen LogP contribution is -2.06. The third kappa shape index (κ3) is 1.61. The van der Waals surface area contributed by atoms with Gasteiger partial charge in [0.05, 0.1) is 12.5 Å². The van der Waals surface area contributed by atoms with Crippen molar-refractivity contribution in [1.82, 2.24) is 0 Å². The maximum Gasteiger partial charge on any atom is 0.116 e. The molecule has 0 fully saturated rings. The van der Waals surface area contributed by atoms with Crippen molar-refractivity contribution in [3.8, 4) is 11.5 Å². The molecule has 3 heteroatoms. The number of rotatable bonds is 0. The van der Waals surface area contributed by atoms with Crippen molar-refractivity contribution in [3.63, 3.8) is 0 Å². The molecule has 0 aliphatic carbocycles. The first kappa shape index (κ1) is 9.78. The number of ether oxygens (including phenoxy) is 1. The van der Waals surface area contributed by atoms with Crippen molar-refractivity contribution < 1.29 is 14.9 Å². The number of hydrogen-bond donors (Lipinski definition) is 2. The second-order valence-electron chi connectivity index (χ2n) is 3.91. The van der Waals surface area contributed by atoms with E-state index in [1.807, 2.05) is 12.1 Å². The molecule has 84 valence electrons. The van der Waals surface area contributed by atoms with Crippen molar-refractivity contribution in [1.29, 1.82) is 0 Å². The maximum absolute atomic E-state index is 9.45. The Balaban J connectivity index is 2.62. The third-order valence-electron chi connectivity index (χ3n) is 2.75. The van der Waals surface area contributed by atoms with Crippen LogP contribution in [0.1, 0.15) is 0 Å². The van der Waals surface area contributed by atoms with E-state index in [9.17, 15) is 10.2 Å². The predicted molar refractivity (Wildman–Crippen MR) is 63.2 cm³/mol. The Bertz CT molecular complexity index is 724. The van der Waals surface area contributed by atoms with Gasteiger partial charge in [-0.05, 0) is 46.8 Å². The van der Waals surface area contributed by atoms with Gasteiger partial charge in [0, 0.05) is 10.4 Å². The van der Waals surface area contributed by atoms with Crippen LogP contribution < -0.4 is 10.4 Å². The van der Waals surface area contributed by atoms with E-state index in [0.29, 0.717) is 0 Å². The van der Waals surface area contributed by atoms with Crippen LogP contribution in [-0.2, 0) is 4.74 Å². The van der Waals surface area contributed by atoms with Gasteiger partial charge in [0.1, 0.15) is 11.5 Å². The van der Waals surface area contributed by atoms with E-state index in [1.54, 1.807) is 36.8 Å². The number of benzene rings is 2. The molecule has 0 radical (unpaired) electrons. The summed E-state index contributed by atoms with van der Waals surface area (Å²) in [7, 11) is 0. The summed E-state index contributed by atoms with van der Waals surface area (Å²) in [6.07, 6.45) is 3.15. The SMILES string of the molecule is Oc1ccc2c(c1)=COC=c1cc(O)ccc1=2. The average molecular weight is 226 g/mol. The number of aromatic hydroxyl groups is 2. The Kier molecular flexibility index (Phi) is 2.05. The molecule has 0 saturated heterocycles. The van der Waals surface area contributed by atoms with Crippen molar-refractivity contribution in [3.05, 3.63) is 57.3 Å². The van der Waals surface area contributed by atoms with E-state index in [0.717, 1.165) is 20.9 Å². The third-order valence-corrected chi connectivity index (χ3v) is 2.75. The van der Waals surface area contributed by atoms with Crippen LogP contribution in [0.4, 0.5) is 0 Å². The predicted octanol–water partition coefficient (Wildman–Crippen LogP) is 0.891. The summed E-state index contributed by atoms with van der Waals surface area (Å²) in [5, 5.41) is 22.4. The van der Waals surface area contributed by atoms with Crippen LogP contribution in [0.5, 0.6) is 11.5 Å². The van der Waals surface area contributed by atoms with Gasteiger partial charge < -0.3 is 14.9 Å². The smallest absolute Gasteiger partial charge is 0.116 e. The molecule has 2 aromatic carbocycles. The summed E-state index contributed by atoms with van der Waals surface area (Å²) in [6.45, 7) is 0. The second-order valence-corrected chi connectivity index (χ2v) is 3.91. The number of fused-ring (bicyclic) bond motifs is 2. The Morgan fingerprint density at radius 3 is 1.65 bits per heavy atom. The Morgan fingerprint density at radius 2 is 1.18 bits per heavy atom. The fourth-order valence-electron chi connectivity index (χ4n) is 1.97. The highest BCUT2D eigenvalue weighted by Crippen LogP contribution is 2.06. The molecule has 2 aromatic rings. The molecule has 1 aliphatic heterocycles. The lowest BCUT2D eigenvalue weighted by Gasteiger charge is -1.94. The summed E-state index contributed by atoms with van der Waals surface area (Å²) in [4.78, 5) is 0. The van der Waals surface area contributed by atoms with Crippen LogP contribution in [-0.4, -0.2) is 10.2 Å². The molecular weight excluding hydrogens is 216 g/mol. The van der Waals surface area contributed by atoms with Crippen molar-refractivity contribution in [2.75, 3.05) is 0 Å². The molecule has 0 aromatic heterocycles. The molecule has 0 amide bonds. The first-order valence-corrected chi connectivity index (χ1v) is 5.22. The Morgan fingerprint density at radius 1 is 0.706 bits per heavy atom. The van der Waals surface area contributed by atoms with Gasteiger partial charge in [0.15, 0.2) is 0 Å². The molecule has 0 saturated carbocycles. The number of phenolic OH excluding ortho intramolecular Hbond substituents is 2. The average Bonchev–Trinajstić information content (AvgIpc) is 2.47. The minimum Gasteiger partial charge on any atom is -0.508 e. The van der Waals surface area contributed by atoms with Gasteiger partial charge in [-0.25, -0.2) is 0 Å². The minimum atomic E-state index is 0.200. The molecule has 0 atom stereocenters. The van der Waals surface area contributed by atoms with Crippen LogP contribution in [0.2, 0.25) is 0 Å². The Labute approximate surface area is 96.8 Å². The molecule has 0 bridgehead atoms. The first-order valence-electron chi connectivity index (χ1n) is 5.22. The number of phenols is 2. The highest BCUT2D eigenvalue weighted by Gasteiger charge is 1.98. The summed E-state index contributed by atoms with van der Waals surface area (Å²) in [5.41, 5.74) is 0. The van der Waals surface area contributed by atoms with Gasteiger partial charge in [-0.15, -0.1) is 0 Å². The molecule has 3 rings (SSSR count). The van der Waals surface area contributed by atoms with E-state index in [2.05, 4.69) is 0 Å². The zero-order valence-corrected chi connectivity index (χ0v) is 8.92. The molecule has 0 unspecified atom stereocenters. The summed E-state index contributed by atoms with van der Waals surface area (Å²) >= 11 is 0. The van der Waals surface area contributed by atoms with Crippen molar-refractivity contribution >= 4 is 12.5 Å². The molecule has 1 aliphatic rings. The molecule has 1 heterocycles. The monoisotopic (exact) mass is 226 g/mol. The fourth-order valence-corrected chi connectivity index (χ4v) is 1.97. The van der Waals surface area contributed by atoms with E-state index >= 15 is 0 Å². The van der Waals surface area contributed by atoms with Gasteiger partial charge in [-0.1, -0.05) is 0 Å². The Hall–Kier alpha value is -2.42. The van der Waals surface area contributed by atoms with Crippen LogP contribution in [0.3, 0.4) is 0 Å². The largest absolute Gasteiger partial charge is 0.508 e. The minimum absolute atomic E-state index is 0.200. The lowest BCUT2D eigenvalue weighted by molar-refractivity contribution is 0.473. The normalized spacial score (nSPS) is 12.2. The molecule has 17 heavy (non-hydrogen) atoms. The van der Waals surface area contributed by atoms with Crippen molar-refractivity contribution in [2.24, 2.45) is 0 Å². The van der Waals surface area contributed by atoms with E-state index in [1.165, 1.54) is 0 Å². The quantitative estimate of drug-likeness (QED) is 0.701. The second kappa shape index (κ2) is 3.56. The molecule has 2 N–H and O–H groups in total. The standard InChI is InChI=1S/C14H10O3/c15-11-1-3-13-9(5-11)7-17-8-10-6-12(16)2-4-14(10)13/h1-8,15-16H. The van der Waals surface area contributed by atoms with E-state index in [4.69, 9.17) is 4.74 Å². The van der Waals surface area contributed by atoms with E-state index < -0.39 is 0 Å². The zero-order valence-electron chi connectivity index (χ0n) is 8.92. The number of hydrogen-bond acceptors (Lipinski definition) is 3.